The van der Waals surface area contributed by atoms with Crippen molar-refractivity contribution in [3.05, 3.63) is 12.2 Å². The molecule has 0 heterocycles. The highest BCUT2D eigenvalue weighted by Crippen LogP contribution is 2.72. The number of hydrogen-bond donors (Lipinski definition) is 0. The van der Waals surface area contributed by atoms with Crippen molar-refractivity contribution in [3.63, 3.8) is 0 Å². The summed E-state index contributed by atoms with van der Waals surface area (Å²) in [5.41, 5.74) is -2.71. The van der Waals surface area contributed by atoms with Crippen LogP contribution in [0.5, 0.6) is 0 Å². The Balaban J connectivity index is 8.70. The van der Waals surface area contributed by atoms with Gasteiger partial charge in [-0.15, -0.1) is 0 Å². The largest absolute Gasteiger partial charge is 0.460 e. The number of rotatable bonds is 21. The number of hydrogen-bond acceptors (Lipinski definition) is 2. The summed E-state index contributed by atoms with van der Waals surface area (Å²) >= 11 is 0. The van der Waals surface area contributed by atoms with Crippen molar-refractivity contribution in [2.75, 3.05) is 0 Å². The second-order valence-corrected chi connectivity index (χ2v) is 13.7. The van der Waals surface area contributed by atoms with Gasteiger partial charge in [0.25, 0.3) is 0 Å². The molecular formula is C26H5F45O2. The van der Waals surface area contributed by atoms with Crippen molar-refractivity contribution in [2.24, 2.45) is 0 Å². The van der Waals surface area contributed by atoms with E-state index < -0.39 is 149 Å². The van der Waals surface area contributed by atoms with Gasteiger partial charge in [0.15, 0.2) is 0 Å². The third-order valence-electron chi connectivity index (χ3n) is 8.81. The smallest absolute Gasteiger partial charge is 0.413 e. The van der Waals surface area contributed by atoms with Gasteiger partial charge in [0.1, 0.15) is 0 Å². The Morgan fingerprint density at radius 2 is 0.342 bits per heavy atom. The van der Waals surface area contributed by atoms with Gasteiger partial charge in [-0.05, 0) is 6.92 Å². The number of carbonyl (C=O) groups excluding carboxylic acids is 1. The Hall–Kier alpha value is -3.94. The molecule has 0 aliphatic rings. The van der Waals surface area contributed by atoms with Crippen LogP contribution in [0.2, 0.25) is 0 Å². The quantitative estimate of drug-likeness (QED) is 0.0650. The molecule has 0 saturated carbocycles. The maximum atomic E-state index is 15.5. The fourth-order valence-electron chi connectivity index (χ4n) is 4.26. The Morgan fingerprint density at radius 3 is 0.452 bits per heavy atom. The van der Waals surface area contributed by atoms with Gasteiger partial charge in [-0.25, -0.2) is 4.79 Å². The van der Waals surface area contributed by atoms with E-state index >= 15 is 4.39 Å². The monoisotopic (exact) mass is 1200 g/mol. The lowest BCUT2D eigenvalue weighted by Gasteiger charge is -2.49. The molecule has 1 unspecified atom stereocenters. The first-order valence-electron chi connectivity index (χ1n) is 15.5. The van der Waals surface area contributed by atoms with Gasteiger partial charge >= 0.3 is 137 Å². The Morgan fingerprint density at radius 1 is 0.233 bits per heavy atom. The Bertz CT molecular complexity index is 2060. The van der Waals surface area contributed by atoms with E-state index in [1.54, 1.807) is 6.58 Å². The van der Waals surface area contributed by atoms with Gasteiger partial charge in [-0.1, -0.05) is 6.58 Å². The fraction of sp³-hybridized carbons (Fsp3) is 0.885. The summed E-state index contributed by atoms with van der Waals surface area (Å²) in [6.07, 6.45) is -17.2. The molecular weight excluding hydrogens is 1200 g/mol. The molecule has 1 atom stereocenters. The normalized spacial score (nSPS) is 17.7. The molecule has 436 valence electrons. The van der Waals surface area contributed by atoms with Crippen molar-refractivity contribution in [1.82, 2.24) is 0 Å². The molecule has 73 heavy (non-hydrogen) atoms. The van der Waals surface area contributed by atoms with E-state index in [-0.39, 0.29) is 0 Å². The van der Waals surface area contributed by atoms with Crippen LogP contribution >= 0.6 is 0 Å². The van der Waals surface area contributed by atoms with Crippen LogP contribution in [0.4, 0.5) is 198 Å². The first kappa shape index (κ1) is 69.1. The van der Waals surface area contributed by atoms with E-state index in [9.17, 15) is 198 Å². The summed E-state index contributed by atoms with van der Waals surface area (Å²) in [6, 6.07) is 0. The first-order valence-corrected chi connectivity index (χ1v) is 15.5. The van der Waals surface area contributed by atoms with E-state index in [0.717, 1.165) is 0 Å². The molecule has 0 aliphatic heterocycles. The van der Waals surface area contributed by atoms with Crippen LogP contribution in [0.3, 0.4) is 0 Å². The lowest BCUT2D eigenvalue weighted by Crippen LogP contribution is -2.82. The van der Waals surface area contributed by atoms with E-state index in [2.05, 4.69) is 0 Å². The van der Waals surface area contributed by atoms with Crippen LogP contribution < -0.4 is 0 Å². The minimum atomic E-state index is -10.7. The second-order valence-electron chi connectivity index (χ2n) is 13.7. The second kappa shape index (κ2) is 16.8. The molecule has 0 aromatic rings. The van der Waals surface area contributed by atoms with Crippen molar-refractivity contribution in [2.45, 2.75) is 138 Å². The summed E-state index contributed by atoms with van der Waals surface area (Å²) in [5.74, 6) is -209. The summed E-state index contributed by atoms with van der Waals surface area (Å²) in [4.78, 5) is 11.5. The summed E-state index contributed by atoms with van der Waals surface area (Å²) in [7, 11) is 0. The number of halogens is 45. The minimum Gasteiger partial charge on any atom is -0.413 e. The average molecular weight is 1200 g/mol. The molecule has 0 fully saturated rings. The fourth-order valence-corrected chi connectivity index (χ4v) is 4.26. The Kier molecular flexibility index (Phi) is 15.9. The van der Waals surface area contributed by atoms with Crippen LogP contribution in [0, 0.1) is 0 Å². The maximum absolute atomic E-state index is 15.5. The van der Waals surface area contributed by atoms with Crippen LogP contribution in [0.1, 0.15) is 6.92 Å². The molecule has 0 bridgehead atoms. The zero-order valence-corrected chi connectivity index (χ0v) is 31.5. The van der Waals surface area contributed by atoms with Crippen molar-refractivity contribution < 1.29 is 207 Å². The molecule has 2 nitrogen and oxygen atoms in total. The summed E-state index contributed by atoms with van der Waals surface area (Å²) < 4.78 is 623. The standard InChI is InChI=1S/C26H5F45O2/c1-3(2)4(72)73-24(65,21(59,60)17(51,52)13(43,44)9(35,36)7(31,32)11(39,40)15(47,48)19(55,56)23(63,64)26(69,70)71)20(57,58)16(49,50)12(41,42)8(33,34)5(27,28)6(29,30)10(37,38)14(45,46)18(53,54)22(61,62)25(66,67)68/h1H2,2H3. The number of esters is 1. The van der Waals surface area contributed by atoms with Crippen molar-refractivity contribution in [1.29, 1.82) is 0 Å². The molecule has 0 aliphatic carbocycles. The zero-order chi connectivity index (χ0) is 60.9. The number of ether oxygens (including phenoxy) is 1. The lowest BCUT2D eigenvalue weighted by atomic mass is 9.81. The molecule has 0 radical (unpaired) electrons. The highest BCUT2D eigenvalue weighted by Gasteiger charge is 3.04. The number of carbonyl (C=O) groups is 1. The van der Waals surface area contributed by atoms with Crippen LogP contribution in [-0.4, -0.2) is 137 Å². The third kappa shape index (κ3) is 7.89. The molecule has 0 spiro atoms. The highest BCUT2D eigenvalue weighted by molar-refractivity contribution is 5.87. The molecule has 0 aromatic carbocycles. The van der Waals surface area contributed by atoms with Crippen molar-refractivity contribution >= 4 is 5.97 Å². The predicted molar refractivity (Wildman–Crippen MR) is 131 cm³/mol. The van der Waals surface area contributed by atoms with Crippen LogP contribution in [0.25, 0.3) is 0 Å². The van der Waals surface area contributed by atoms with Crippen molar-refractivity contribution in [3.8, 4) is 0 Å². The van der Waals surface area contributed by atoms with E-state index in [1.165, 1.54) is 4.74 Å². The Labute approximate surface area is 364 Å². The average Bonchev–Trinajstić information content (AvgIpc) is 3.15. The molecule has 0 rings (SSSR count). The molecule has 0 aromatic heterocycles. The van der Waals surface area contributed by atoms with Crippen LogP contribution in [0.15, 0.2) is 12.2 Å². The summed E-state index contributed by atoms with van der Waals surface area (Å²) in [5, 5.41) is 0. The number of alkyl halides is 45. The lowest BCUT2D eigenvalue weighted by molar-refractivity contribution is -0.504. The van der Waals surface area contributed by atoms with Crippen LogP contribution in [-0.2, 0) is 9.53 Å². The topological polar surface area (TPSA) is 26.3 Å². The SMILES string of the molecule is C=C(C)C(=O)OC(F)(C(F)(F)C(F)(F)C(F)(F)C(F)(F)C(F)(F)C(F)(F)C(F)(F)C(F)(F)C(F)(F)C(F)(F)F)C(F)(F)C(F)(F)C(F)(F)C(F)(F)C(F)(F)C(F)(F)C(F)(F)C(F)(F)C(F)(F)C(F)(F)C(F)(F)F. The van der Waals surface area contributed by atoms with Gasteiger partial charge in [0, 0.05) is 5.57 Å². The van der Waals surface area contributed by atoms with Gasteiger partial charge in [0.2, 0.25) is 0 Å². The maximum Gasteiger partial charge on any atom is 0.460 e. The minimum absolute atomic E-state index is 0.672. The van der Waals surface area contributed by atoms with Gasteiger partial charge < -0.3 is 4.74 Å². The third-order valence-corrected chi connectivity index (χ3v) is 8.81. The highest BCUT2D eigenvalue weighted by atomic mass is 19.5. The molecule has 0 saturated heterocycles. The first-order chi connectivity index (χ1) is 30.6. The van der Waals surface area contributed by atoms with Gasteiger partial charge in [-0.2, -0.15) is 198 Å². The van der Waals surface area contributed by atoms with E-state index in [0.29, 0.717) is 0 Å². The molecule has 0 N–H and O–H groups in total. The summed E-state index contributed by atoms with van der Waals surface area (Å²) in [6.45, 7) is 1.06. The zero-order valence-electron chi connectivity index (χ0n) is 31.5. The molecule has 47 heteroatoms. The van der Waals surface area contributed by atoms with Gasteiger partial charge in [-0.3, -0.25) is 0 Å². The van der Waals surface area contributed by atoms with E-state index in [4.69, 9.17) is 0 Å². The predicted octanol–water partition coefficient (Wildman–Crippen LogP) is 15.0. The van der Waals surface area contributed by atoms with E-state index in [1.807, 2.05) is 0 Å². The molecule has 0 amide bonds. The van der Waals surface area contributed by atoms with Gasteiger partial charge in [0.05, 0.1) is 0 Å².